The highest BCUT2D eigenvalue weighted by Gasteiger charge is 2.14. The predicted molar refractivity (Wildman–Crippen MR) is 143 cm³/mol. The quantitative estimate of drug-likeness (QED) is 0.241. The van der Waals surface area contributed by atoms with Gasteiger partial charge in [0.05, 0.1) is 46.5 Å². The molecule has 35 heavy (non-hydrogen) atoms. The number of carbonyl (C=O) groups excluding carboxylic acids is 2. The second kappa shape index (κ2) is 11.2. The summed E-state index contributed by atoms with van der Waals surface area (Å²) in [4.78, 5) is 29.7. The highest BCUT2D eigenvalue weighted by molar-refractivity contribution is 8.01. The average Bonchev–Trinajstić information content (AvgIpc) is 3.25. The molecule has 7 nitrogen and oxygen atoms in total. The molecule has 0 saturated carbocycles. The molecule has 1 heterocycles. The minimum atomic E-state index is -0.338. The van der Waals surface area contributed by atoms with Gasteiger partial charge in [-0.25, -0.2) is 4.98 Å². The zero-order valence-electron chi connectivity index (χ0n) is 18.6. The topological polar surface area (TPSA) is 89.6 Å². The lowest BCUT2D eigenvalue weighted by molar-refractivity contribution is -0.113. The van der Waals surface area contributed by atoms with Crippen molar-refractivity contribution in [1.29, 1.82) is 0 Å². The Hall–Kier alpha value is -2.98. The lowest BCUT2D eigenvalue weighted by atomic mass is 10.2. The number of benzene rings is 3. The highest BCUT2D eigenvalue weighted by atomic mass is 35.5. The van der Waals surface area contributed by atoms with Crippen molar-refractivity contribution in [3.8, 4) is 11.5 Å². The van der Waals surface area contributed by atoms with Crippen molar-refractivity contribution in [2.75, 3.05) is 30.6 Å². The van der Waals surface area contributed by atoms with E-state index in [-0.39, 0.29) is 22.6 Å². The molecule has 1 aromatic heterocycles. The summed E-state index contributed by atoms with van der Waals surface area (Å²) in [5.41, 5.74) is 2.24. The standard InChI is InChI=1S/C24H19Cl2N3O4S2/c1-32-15-5-8-20(33-2)19(11-15)28-22(30)12-34-24-29-18-7-4-14(10-21(18)35-24)27-23(31)16-6-3-13(25)9-17(16)26/h3-11H,12H2,1-2H3,(H,27,31)(H,28,30). The van der Waals surface area contributed by atoms with E-state index < -0.39 is 0 Å². The van der Waals surface area contributed by atoms with Gasteiger partial charge in [0, 0.05) is 16.8 Å². The summed E-state index contributed by atoms with van der Waals surface area (Å²) in [6.07, 6.45) is 0. The lowest BCUT2D eigenvalue weighted by Crippen LogP contribution is -2.14. The number of hydrogen-bond acceptors (Lipinski definition) is 7. The summed E-state index contributed by atoms with van der Waals surface area (Å²) in [5, 5.41) is 6.41. The first-order chi connectivity index (χ1) is 16.9. The zero-order chi connectivity index (χ0) is 24.9. The Labute approximate surface area is 219 Å². The first-order valence-electron chi connectivity index (χ1n) is 10.2. The molecule has 0 atom stereocenters. The maximum absolute atomic E-state index is 12.6. The molecule has 2 amide bonds. The number of fused-ring (bicyclic) bond motifs is 1. The first kappa shape index (κ1) is 25.1. The predicted octanol–water partition coefficient (Wildman–Crippen LogP) is 6.60. The van der Waals surface area contributed by atoms with E-state index in [1.807, 2.05) is 12.1 Å². The van der Waals surface area contributed by atoms with Gasteiger partial charge in [0.15, 0.2) is 4.34 Å². The van der Waals surface area contributed by atoms with E-state index in [1.165, 1.54) is 36.3 Å². The normalized spacial score (nSPS) is 10.7. The van der Waals surface area contributed by atoms with Crippen molar-refractivity contribution in [2.24, 2.45) is 0 Å². The van der Waals surface area contributed by atoms with Crippen molar-refractivity contribution in [3.05, 3.63) is 70.2 Å². The first-order valence-corrected chi connectivity index (χ1v) is 12.7. The Kier molecular flexibility index (Phi) is 8.02. The minimum Gasteiger partial charge on any atom is -0.497 e. The number of thiazole rings is 1. The third kappa shape index (κ3) is 6.18. The van der Waals surface area contributed by atoms with Crippen LogP contribution in [-0.2, 0) is 4.79 Å². The number of amides is 2. The number of anilines is 2. The number of nitrogens with zero attached hydrogens (tertiary/aromatic N) is 1. The van der Waals surface area contributed by atoms with E-state index in [4.69, 9.17) is 32.7 Å². The van der Waals surface area contributed by atoms with Gasteiger partial charge in [0.25, 0.3) is 5.91 Å². The molecule has 0 fully saturated rings. The number of carbonyl (C=O) groups is 2. The summed E-state index contributed by atoms with van der Waals surface area (Å²) in [7, 11) is 3.09. The largest absolute Gasteiger partial charge is 0.497 e. The van der Waals surface area contributed by atoms with Gasteiger partial charge in [0.1, 0.15) is 11.5 Å². The molecule has 0 spiro atoms. The number of methoxy groups -OCH3 is 2. The molecule has 0 aliphatic rings. The van der Waals surface area contributed by atoms with Gasteiger partial charge in [-0.15, -0.1) is 11.3 Å². The second-order valence-electron chi connectivity index (χ2n) is 7.14. The average molecular weight is 548 g/mol. The second-order valence-corrected chi connectivity index (χ2v) is 10.2. The van der Waals surface area contributed by atoms with Gasteiger partial charge < -0.3 is 20.1 Å². The van der Waals surface area contributed by atoms with Crippen LogP contribution in [0.4, 0.5) is 11.4 Å². The van der Waals surface area contributed by atoms with Crippen LogP contribution in [0.5, 0.6) is 11.5 Å². The Morgan fingerprint density at radius 2 is 1.83 bits per heavy atom. The van der Waals surface area contributed by atoms with Gasteiger partial charge in [0.2, 0.25) is 5.91 Å². The van der Waals surface area contributed by atoms with Gasteiger partial charge in [-0.1, -0.05) is 35.0 Å². The van der Waals surface area contributed by atoms with Crippen molar-refractivity contribution >= 4 is 79.7 Å². The van der Waals surface area contributed by atoms with Gasteiger partial charge >= 0.3 is 0 Å². The Morgan fingerprint density at radius 3 is 2.57 bits per heavy atom. The van der Waals surface area contributed by atoms with Crippen molar-refractivity contribution in [1.82, 2.24) is 4.98 Å². The number of ether oxygens (including phenoxy) is 2. The summed E-state index contributed by atoms with van der Waals surface area (Å²) in [5.74, 6) is 0.780. The van der Waals surface area contributed by atoms with Crippen LogP contribution in [0.25, 0.3) is 10.2 Å². The molecule has 0 unspecified atom stereocenters. The zero-order valence-corrected chi connectivity index (χ0v) is 21.7. The van der Waals surface area contributed by atoms with E-state index in [1.54, 1.807) is 43.5 Å². The molecule has 4 rings (SSSR count). The number of nitrogens with one attached hydrogen (secondary N) is 2. The van der Waals surface area contributed by atoms with Crippen LogP contribution in [0.1, 0.15) is 10.4 Å². The third-order valence-corrected chi connectivity index (χ3v) is 7.52. The van der Waals surface area contributed by atoms with Crippen molar-refractivity contribution in [3.63, 3.8) is 0 Å². The third-order valence-electron chi connectivity index (χ3n) is 4.81. The van der Waals surface area contributed by atoms with Crippen LogP contribution in [0, 0.1) is 0 Å². The minimum absolute atomic E-state index is 0.166. The van der Waals surface area contributed by atoms with Crippen LogP contribution in [-0.4, -0.2) is 36.8 Å². The number of thioether (sulfide) groups is 1. The monoisotopic (exact) mass is 547 g/mol. The SMILES string of the molecule is COc1ccc(OC)c(NC(=O)CSc2nc3ccc(NC(=O)c4ccc(Cl)cc4Cl)cc3s2)c1. The fraction of sp³-hybridized carbons (Fsp3) is 0.125. The van der Waals surface area contributed by atoms with Crippen LogP contribution in [0.15, 0.2) is 58.9 Å². The molecule has 0 bridgehead atoms. The Balaban J connectivity index is 1.40. The van der Waals surface area contributed by atoms with Crippen LogP contribution < -0.4 is 20.1 Å². The van der Waals surface area contributed by atoms with Gasteiger partial charge in [-0.2, -0.15) is 0 Å². The molecule has 0 radical (unpaired) electrons. The summed E-state index contributed by atoms with van der Waals surface area (Å²) in [6, 6.07) is 15.3. The fourth-order valence-corrected chi connectivity index (χ4v) is 5.54. The van der Waals surface area contributed by atoms with Gasteiger partial charge in [-0.05, 0) is 48.5 Å². The highest BCUT2D eigenvalue weighted by Crippen LogP contribution is 2.33. The van der Waals surface area contributed by atoms with Crippen molar-refractivity contribution in [2.45, 2.75) is 4.34 Å². The van der Waals surface area contributed by atoms with E-state index in [0.717, 1.165) is 14.6 Å². The molecule has 180 valence electrons. The fourth-order valence-electron chi connectivity index (χ4n) is 3.14. The molecule has 3 aromatic carbocycles. The molecular formula is C24H19Cl2N3O4S2. The molecule has 4 aromatic rings. The molecule has 11 heteroatoms. The summed E-state index contributed by atoms with van der Waals surface area (Å²) >= 11 is 14.8. The summed E-state index contributed by atoms with van der Waals surface area (Å²) in [6.45, 7) is 0. The van der Waals surface area contributed by atoms with Gasteiger partial charge in [-0.3, -0.25) is 9.59 Å². The Morgan fingerprint density at radius 1 is 1.00 bits per heavy atom. The Bertz CT molecular complexity index is 1410. The molecular weight excluding hydrogens is 529 g/mol. The molecule has 0 saturated heterocycles. The van der Waals surface area contributed by atoms with Crippen LogP contribution in [0.2, 0.25) is 10.0 Å². The molecule has 0 aliphatic carbocycles. The van der Waals surface area contributed by atoms with E-state index in [2.05, 4.69) is 15.6 Å². The molecule has 0 aliphatic heterocycles. The maximum Gasteiger partial charge on any atom is 0.257 e. The number of aromatic nitrogens is 1. The molecule has 2 N–H and O–H groups in total. The van der Waals surface area contributed by atoms with E-state index in [9.17, 15) is 9.59 Å². The van der Waals surface area contributed by atoms with Crippen LogP contribution in [0.3, 0.4) is 0 Å². The number of hydrogen-bond donors (Lipinski definition) is 2. The lowest BCUT2D eigenvalue weighted by Gasteiger charge is -2.11. The summed E-state index contributed by atoms with van der Waals surface area (Å²) < 4.78 is 12.1. The maximum atomic E-state index is 12.6. The smallest absolute Gasteiger partial charge is 0.257 e. The van der Waals surface area contributed by atoms with Crippen molar-refractivity contribution < 1.29 is 19.1 Å². The van der Waals surface area contributed by atoms with E-state index >= 15 is 0 Å². The number of rotatable bonds is 8. The van der Waals surface area contributed by atoms with Crippen LogP contribution >= 0.6 is 46.3 Å². The van der Waals surface area contributed by atoms with E-state index in [0.29, 0.717) is 33.5 Å². The number of halogens is 2.